The lowest BCUT2D eigenvalue weighted by molar-refractivity contribution is 0.0915. The maximum absolute atomic E-state index is 12.7. The summed E-state index contributed by atoms with van der Waals surface area (Å²) in [7, 11) is 0. The summed E-state index contributed by atoms with van der Waals surface area (Å²) in [5.74, 6) is 0.974. The average Bonchev–Trinajstić information content (AvgIpc) is 3.39. The van der Waals surface area contributed by atoms with Gasteiger partial charge in [0.1, 0.15) is 5.76 Å². The summed E-state index contributed by atoms with van der Waals surface area (Å²) >= 11 is 0. The zero-order valence-electron chi connectivity index (χ0n) is 17.0. The molecule has 0 radical (unpaired) electrons. The molecule has 2 aromatic rings. The van der Waals surface area contributed by atoms with E-state index in [1.807, 2.05) is 12.1 Å². The number of rotatable bonds is 16. The number of Topliss-reactive ketones (excluding diaryl/α,β-unsaturated/α-hetero) is 1. The van der Waals surface area contributed by atoms with Gasteiger partial charge in [0.05, 0.1) is 18.4 Å². The molecule has 0 aliphatic rings. The lowest BCUT2D eigenvalue weighted by Crippen LogP contribution is -2.12. The number of furan rings is 2. The van der Waals surface area contributed by atoms with E-state index in [0.29, 0.717) is 5.76 Å². The Hall–Kier alpha value is -1.77. The Morgan fingerprint density at radius 1 is 0.778 bits per heavy atom. The first kappa shape index (κ1) is 21.5. The van der Waals surface area contributed by atoms with Crippen LogP contribution in [0.4, 0.5) is 0 Å². The first-order chi connectivity index (χ1) is 13.3. The van der Waals surface area contributed by atoms with Gasteiger partial charge in [-0.1, -0.05) is 84.0 Å². The van der Waals surface area contributed by atoms with Crippen molar-refractivity contribution >= 4 is 5.78 Å². The van der Waals surface area contributed by atoms with E-state index in [1.165, 1.54) is 70.6 Å². The second-order valence-electron chi connectivity index (χ2n) is 7.59. The molecule has 0 saturated carbocycles. The minimum absolute atomic E-state index is 0.0259. The number of hydrogen-bond acceptors (Lipinski definition) is 3. The highest BCUT2D eigenvalue weighted by Crippen LogP contribution is 2.27. The molecule has 0 saturated heterocycles. The van der Waals surface area contributed by atoms with Crippen LogP contribution in [0.25, 0.3) is 0 Å². The summed E-state index contributed by atoms with van der Waals surface area (Å²) in [4.78, 5) is 12.7. The molecule has 0 N–H and O–H groups in total. The smallest absolute Gasteiger partial charge is 0.208 e. The topological polar surface area (TPSA) is 43.4 Å². The predicted molar refractivity (Wildman–Crippen MR) is 110 cm³/mol. The molecule has 1 atom stereocenters. The maximum atomic E-state index is 12.7. The number of carbonyl (C=O) groups is 1. The summed E-state index contributed by atoms with van der Waals surface area (Å²) in [5, 5.41) is 0. The molecule has 2 rings (SSSR count). The van der Waals surface area contributed by atoms with Crippen LogP contribution in [0.3, 0.4) is 0 Å². The highest BCUT2D eigenvalue weighted by Gasteiger charge is 2.25. The summed E-state index contributed by atoms with van der Waals surface area (Å²) < 4.78 is 10.8. The predicted octanol–water partition coefficient (Wildman–Crippen LogP) is 7.93. The Labute approximate surface area is 164 Å². The van der Waals surface area contributed by atoms with Crippen LogP contribution in [0.2, 0.25) is 0 Å². The quantitative estimate of drug-likeness (QED) is 0.222. The van der Waals surface area contributed by atoms with Crippen LogP contribution in [0.5, 0.6) is 0 Å². The SMILES string of the molecule is CCCCCCCCCCCCCCC(C(=O)c1ccco1)c1ccco1. The van der Waals surface area contributed by atoms with Crippen molar-refractivity contribution in [3.8, 4) is 0 Å². The third kappa shape index (κ3) is 8.19. The molecule has 3 nitrogen and oxygen atoms in total. The van der Waals surface area contributed by atoms with Gasteiger partial charge in [-0.15, -0.1) is 0 Å². The standard InChI is InChI=1S/C24H36O3/c1-2-3-4-5-6-7-8-9-10-11-12-13-16-21(22-17-14-19-26-22)24(25)23-18-15-20-27-23/h14-15,17-21H,2-13,16H2,1H3. The molecular formula is C24H36O3. The van der Waals surface area contributed by atoms with Crippen molar-refractivity contribution in [1.29, 1.82) is 0 Å². The van der Waals surface area contributed by atoms with Gasteiger partial charge < -0.3 is 8.83 Å². The Morgan fingerprint density at radius 3 is 1.85 bits per heavy atom. The molecule has 150 valence electrons. The average molecular weight is 373 g/mol. The third-order valence-corrected chi connectivity index (χ3v) is 5.31. The third-order valence-electron chi connectivity index (χ3n) is 5.31. The van der Waals surface area contributed by atoms with Gasteiger partial charge in [-0.2, -0.15) is 0 Å². The molecule has 0 bridgehead atoms. The molecule has 1 unspecified atom stereocenters. The van der Waals surface area contributed by atoms with Crippen LogP contribution in [0.15, 0.2) is 45.6 Å². The Kier molecular flexibility index (Phi) is 10.7. The van der Waals surface area contributed by atoms with E-state index in [-0.39, 0.29) is 11.7 Å². The van der Waals surface area contributed by atoms with E-state index in [0.717, 1.165) is 18.6 Å². The van der Waals surface area contributed by atoms with Gasteiger partial charge >= 0.3 is 0 Å². The summed E-state index contributed by atoms with van der Waals surface area (Å²) in [6.07, 6.45) is 19.9. The first-order valence-electron chi connectivity index (χ1n) is 10.9. The molecule has 0 amide bonds. The van der Waals surface area contributed by atoms with Crippen LogP contribution >= 0.6 is 0 Å². The monoisotopic (exact) mass is 372 g/mol. The normalized spacial score (nSPS) is 12.3. The van der Waals surface area contributed by atoms with Crippen molar-refractivity contribution in [2.24, 2.45) is 0 Å². The molecule has 3 heteroatoms. The lowest BCUT2D eigenvalue weighted by Gasteiger charge is -2.12. The minimum atomic E-state index is -0.228. The van der Waals surface area contributed by atoms with E-state index in [1.54, 1.807) is 24.7 Å². The van der Waals surface area contributed by atoms with E-state index < -0.39 is 0 Å². The number of hydrogen-bond donors (Lipinski definition) is 0. The zero-order chi connectivity index (χ0) is 19.2. The molecule has 0 aliphatic carbocycles. The molecule has 0 fully saturated rings. The highest BCUT2D eigenvalue weighted by molar-refractivity contribution is 5.98. The summed E-state index contributed by atoms with van der Waals surface area (Å²) in [6, 6.07) is 7.24. The van der Waals surface area contributed by atoms with Crippen LogP contribution in [0.1, 0.15) is 113 Å². The van der Waals surface area contributed by atoms with Crippen molar-refractivity contribution in [3.05, 3.63) is 48.3 Å². The van der Waals surface area contributed by atoms with Gasteiger partial charge in [0.15, 0.2) is 5.76 Å². The van der Waals surface area contributed by atoms with Gasteiger partial charge in [0.2, 0.25) is 5.78 Å². The Morgan fingerprint density at radius 2 is 1.33 bits per heavy atom. The van der Waals surface area contributed by atoms with Gasteiger partial charge in [-0.25, -0.2) is 0 Å². The molecule has 0 aliphatic heterocycles. The van der Waals surface area contributed by atoms with Crippen molar-refractivity contribution in [3.63, 3.8) is 0 Å². The number of ketones is 1. The fourth-order valence-corrected chi connectivity index (χ4v) is 3.67. The van der Waals surface area contributed by atoms with Crippen LogP contribution < -0.4 is 0 Å². The molecule has 0 spiro atoms. The van der Waals surface area contributed by atoms with E-state index in [2.05, 4.69) is 6.92 Å². The van der Waals surface area contributed by atoms with E-state index >= 15 is 0 Å². The molecule has 27 heavy (non-hydrogen) atoms. The summed E-state index contributed by atoms with van der Waals surface area (Å²) in [6.45, 7) is 2.27. The van der Waals surface area contributed by atoms with Crippen molar-refractivity contribution in [2.45, 2.75) is 96.3 Å². The Balaban J connectivity index is 1.58. The lowest BCUT2D eigenvalue weighted by atomic mass is 9.92. The Bertz CT molecular complexity index is 583. The maximum Gasteiger partial charge on any atom is 0.208 e. The largest absolute Gasteiger partial charge is 0.469 e. The molecule has 0 aromatic carbocycles. The van der Waals surface area contributed by atoms with Crippen LogP contribution in [-0.2, 0) is 0 Å². The van der Waals surface area contributed by atoms with E-state index in [9.17, 15) is 4.79 Å². The number of unbranched alkanes of at least 4 members (excludes halogenated alkanes) is 11. The van der Waals surface area contributed by atoms with Crippen LogP contribution in [-0.4, -0.2) is 5.78 Å². The molecular weight excluding hydrogens is 336 g/mol. The van der Waals surface area contributed by atoms with Crippen LogP contribution in [0, 0.1) is 0 Å². The minimum Gasteiger partial charge on any atom is -0.469 e. The first-order valence-corrected chi connectivity index (χ1v) is 10.9. The summed E-state index contributed by atoms with van der Waals surface area (Å²) in [5.41, 5.74) is 0. The van der Waals surface area contributed by atoms with Gasteiger partial charge in [0.25, 0.3) is 0 Å². The molecule has 2 heterocycles. The molecule has 2 aromatic heterocycles. The van der Waals surface area contributed by atoms with Gasteiger partial charge in [0, 0.05) is 0 Å². The van der Waals surface area contributed by atoms with Crippen molar-refractivity contribution in [1.82, 2.24) is 0 Å². The fourth-order valence-electron chi connectivity index (χ4n) is 3.67. The fraction of sp³-hybridized carbons (Fsp3) is 0.625. The second-order valence-corrected chi connectivity index (χ2v) is 7.59. The number of carbonyl (C=O) groups excluding carboxylic acids is 1. The highest BCUT2D eigenvalue weighted by atomic mass is 16.3. The second kappa shape index (κ2) is 13.4. The van der Waals surface area contributed by atoms with E-state index in [4.69, 9.17) is 8.83 Å². The van der Waals surface area contributed by atoms with Crippen molar-refractivity contribution in [2.75, 3.05) is 0 Å². The van der Waals surface area contributed by atoms with Gasteiger partial charge in [-0.05, 0) is 30.7 Å². The zero-order valence-corrected chi connectivity index (χ0v) is 17.0. The van der Waals surface area contributed by atoms with Gasteiger partial charge in [-0.3, -0.25) is 4.79 Å². The van der Waals surface area contributed by atoms with Crippen molar-refractivity contribution < 1.29 is 13.6 Å².